The topological polar surface area (TPSA) is 63.3 Å². The van der Waals surface area contributed by atoms with Gasteiger partial charge in [0.2, 0.25) is 0 Å². The maximum atomic E-state index is 12.8. The first-order chi connectivity index (χ1) is 10.9. The van der Waals surface area contributed by atoms with Gasteiger partial charge in [0.05, 0.1) is 11.1 Å². The van der Waals surface area contributed by atoms with Crippen molar-refractivity contribution in [3.05, 3.63) is 58.6 Å². The molecule has 0 saturated carbocycles. The third kappa shape index (κ3) is 2.10. The molecular formula is C15H8F3N3O2. The summed E-state index contributed by atoms with van der Waals surface area (Å²) in [5.41, 5.74) is 0.495. The van der Waals surface area contributed by atoms with Crippen molar-refractivity contribution in [1.29, 1.82) is 0 Å². The molecular weight excluding hydrogens is 311 g/mol. The zero-order valence-electron chi connectivity index (χ0n) is 11.4. The van der Waals surface area contributed by atoms with Gasteiger partial charge in [-0.25, -0.2) is 5.10 Å². The van der Waals surface area contributed by atoms with Crippen molar-refractivity contribution in [2.45, 2.75) is 6.18 Å². The molecule has 0 fully saturated rings. The molecule has 3 heterocycles. The second-order valence-electron chi connectivity index (χ2n) is 5.02. The summed E-state index contributed by atoms with van der Waals surface area (Å²) in [4.78, 5) is 11.7. The molecule has 0 radical (unpaired) electrons. The molecule has 0 spiro atoms. The van der Waals surface area contributed by atoms with Gasteiger partial charge in [-0.3, -0.25) is 9.20 Å². The molecule has 5 nitrogen and oxygen atoms in total. The first kappa shape index (κ1) is 13.6. The monoisotopic (exact) mass is 319 g/mol. The Balaban J connectivity index is 1.90. The lowest BCUT2D eigenvalue weighted by Crippen LogP contribution is -2.10. The fraction of sp³-hybridized carbons (Fsp3) is 0.0667. The molecule has 0 aliphatic heterocycles. The van der Waals surface area contributed by atoms with Crippen LogP contribution >= 0.6 is 0 Å². The normalized spacial score (nSPS) is 12.3. The quantitative estimate of drug-likeness (QED) is 0.584. The lowest BCUT2D eigenvalue weighted by Gasteiger charge is -2.07. The van der Waals surface area contributed by atoms with Gasteiger partial charge in [-0.2, -0.15) is 18.3 Å². The lowest BCUT2D eigenvalue weighted by molar-refractivity contribution is -0.137. The van der Waals surface area contributed by atoms with Crippen molar-refractivity contribution in [2.75, 3.05) is 0 Å². The summed E-state index contributed by atoms with van der Waals surface area (Å²) in [6.45, 7) is 0. The second kappa shape index (κ2) is 4.48. The van der Waals surface area contributed by atoms with Gasteiger partial charge in [0.25, 0.3) is 5.56 Å². The number of fused-ring (bicyclic) bond motifs is 3. The third-order valence-corrected chi connectivity index (χ3v) is 3.57. The molecule has 4 aromatic rings. The second-order valence-corrected chi connectivity index (χ2v) is 5.02. The first-order valence-electron chi connectivity index (χ1n) is 6.59. The lowest BCUT2D eigenvalue weighted by atomic mass is 10.1. The van der Waals surface area contributed by atoms with Crippen molar-refractivity contribution in [3.8, 4) is 11.3 Å². The van der Waals surface area contributed by atoms with Crippen molar-refractivity contribution < 1.29 is 17.6 Å². The Morgan fingerprint density at radius 1 is 1.13 bits per heavy atom. The van der Waals surface area contributed by atoms with E-state index in [-0.39, 0.29) is 11.3 Å². The number of hydrogen-bond donors (Lipinski definition) is 1. The highest BCUT2D eigenvalue weighted by atomic mass is 19.4. The molecule has 1 N–H and O–H groups in total. The molecule has 4 rings (SSSR count). The highest BCUT2D eigenvalue weighted by Crippen LogP contribution is 2.34. The van der Waals surface area contributed by atoms with Gasteiger partial charge in [0, 0.05) is 17.7 Å². The molecule has 116 valence electrons. The van der Waals surface area contributed by atoms with Crippen LogP contribution in [-0.2, 0) is 6.18 Å². The van der Waals surface area contributed by atoms with Crippen LogP contribution in [0.2, 0.25) is 0 Å². The number of hydrogen-bond acceptors (Lipinski definition) is 3. The van der Waals surface area contributed by atoms with E-state index in [9.17, 15) is 18.0 Å². The number of halogens is 3. The fourth-order valence-electron chi connectivity index (χ4n) is 2.50. The van der Waals surface area contributed by atoms with Crippen molar-refractivity contribution in [1.82, 2.24) is 14.6 Å². The zero-order chi connectivity index (χ0) is 16.2. The van der Waals surface area contributed by atoms with Gasteiger partial charge in [-0.1, -0.05) is 12.1 Å². The molecule has 0 saturated heterocycles. The Hall–Kier alpha value is -3.03. The van der Waals surface area contributed by atoms with Crippen LogP contribution in [0.4, 0.5) is 13.2 Å². The SMILES string of the molecule is O=c1[nH]ncn2c1cc1oc(-c3cccc(C(F)(F)F)c3)cc12. The van der Waals surface area contributed by atoms with Crippen LogP contribution in [0.3, 0.4) is 0 Å². The first-order valence-corrected chi connectivity index (χ1v) is 6.59. The maximum absolute atomic E-state index is 12.8. The van der Waals surface area contributed by atoms with Crippen molar-refractivity contribution in [3.63, 3.8) is 0 Å². The summed E-state index contributed by atoms with van der Waals surface area (Å²) < 4.78 is 45.5. The molecule has 0 atom stereocenters. The van der Waals surface area contributed by atoms with Crippen molar-refractivity contribution in [2.24, 2.45) is 0 Å². The smallest absolute Gasteiger partial charge is 0.416 e. The summed E-state index contributed by atoms with van der Waals surface area (Å²) in [6, 6.07) is 7.98. The summed E-state index contributed by atoms with van der Waals surface area (Å²) in [7, 11) is 0. The van der Waals surface area contributed by atoms with E-state index in [2.05, 4.69) is 10.2 Å². The average molecular weight is 319 g/mol. The van der Waals surface area contributed by atoms with Crippen LogP contribution in [0.5, 0.6) is 0 Å². The van der Waals surface area contributed by atoms with E-state index in [1.165, 1.54) is 28.9 Å². The number of furan rings is 1. The van der Waals surface area contributed by atoms with Crippen LogP contribution in [-0.4, -0.2) is 14.6 Å². The number of aromatic nitrogens is 3. The molecule has 23 heavy (non-hydrogen) atoms. The van der Waals surface area contributed by atoms with E-state index in [4.69, 9.17) is 4.42 Å². The predicted molar refractivity (Wildman–Crippen MR) is 76.0 cm³/mol. The van der Waals surface area contributed by atoms with E-state index in [0.717, 1.165) is 12.1 Å². The largest absolute Gasteiger partial charge is 0.454 e. The molecule has 0 unspecified atom stereocenters. The minimum Gasteiger partial charge on any atom is -0.454 e. The average Bonchev–Trinajstić information content (AvgIpc) is 3.06. The minimum absolute atomic E-state index is 0.288. The fourth-order valence-corrected chi connectivity index (χ4v) is 2.50. The Labute approximate surface area is 126 Å². The standard InChI is InChI=1S/C15H8F3N3O2/c16-15(17,18)9-3-1-2-8(4-9)12-5-10-13(23-12)6-11-14(22)20-19-7-21(10)11/h1-7H,(H,20,22). The van der Waals surface area contributed by atoms with Gasteiger partial charge in [0.1, 0.15) is 17.6 Å². The number of nitrogens with zero attached hydrogens (tertiary/aromatic N) is 2. The number of nitrogens with one attached hydrogen (secondary N) is 1. The van der Waals surface area contributed by atoms with Gasteiger partial charge >= 0.3 is 6.18 Å². The van der Waals surface area contributed by atoms with Crippen LogP contribution in [0, 0.1) is 0 Å². The highest BCUT2D eigenvalue weighted by Gasteiger charge is 2.30. The predicted octanol–water partition coefficient (Wildman–Crippen LogP) is 3.45. The highest BCUT2D eigenvalue weighted by molar-refractivity contribution is 5.86. The summed E-state index contributed by atoms with van der Waals surface area (Å²) in [5.74, 6) is 0.288. The molecule has 0 aliphatic rings. The summed E-state index contributed by atoms with van der Waals surface area (Å²) >= 11 is 0. The van der Waals surface area contributed by atoms with E-state index in [1.807, 2.05) is 0 Å². The van der Waals surface area contributed by atoms with Gasteiger partial charge in [-0.05, 0) is 12.1 Å². The number of rotatable bonds is 1. The Morgan fingerprint density at radius 3 is 2.74 bits per heavy atom. The number of H-pyrrole nitrogens is 1. The third-order valence-electron chi connectivity index (χ3n) is 3.57. The van der Waals surface area contributed by atoms with Gasteiger partial charge in [0.15, 0.2) is 5.58 Å². The summed E-state index contributed by atoms with van der Waals surface area (Å²) in [6.07, 6.45) is -3.01. The molecule has 8 heteroatoms. The Kier molecular flexibility index (Phi) is 2.65. The Bertz CT molecular complexity index is 1090. The number of benzene rings is 1. The van der Waals surface area contributed by atoms with E-state index in [0.29, 0.717) is 22.2 Å². The molecule has 0 bridgehead atoms. The number of alkyl halides is 3. The van der Waals surface area contributed by atoms with Crippen LogP contribution in [0.25, 0.3) is 27.9 Å². The van der Waals surface area contributed by atoms with Crippen LogP contribution in [0.15, 0.2) is 51.9 Å². The minimum atomic E-state index is -4.42. The van der Waals surface area contributed by atoms with Gasteiger partial charge < -0.3 is 4.42 Å². The van der Waals surface area contributed by atoms with Crippen LogP contribution in [0.1, 0.15) is 5.56 Å². The van der Waals surface area contributed by atoms with E-state index >= 15 is 0 Å². The molecule has 3 aromatic heterocycles. The number of aromatic amines is 1. The molecule has 0 amide bonds. The van der Waals surface area contributed by atoms with Crippen LogP contribution < -0.4 is 5.56 Å². The Morgan fingerprint density at radius 2 is 1.96 bits per heavy atom. The molecule has 0 aliphatic carbocycles. The van der Waals surface area contributed by atoms with E-state index in [1.54, 1.807) is 6.07 Å². The summed E-state index contributed by atoms with van der Waals surface area (Å²) in [5, 5.41) is 6.00. The maximum Gasteiger partial charge on any atom is 0.416 e. The van der Waals surface area contributed by atoms with Gasteiger partial charge in [-0.15, -0.1) is 0 Å². The zero-order valence-corrected chi connectivity index (χ0v) is 11.4. The van der Waals surface area contributed by atoms with E-state index < -0.39 is 11.7 Å². The van der Waals surface area contributed by atoms with Crippen molar-refractivity contribution >= 4 is 16.6 Å². The molecule has 1 aromatic carbocycles.